The van der Waals surface area contributed by atoms with E-state index < -0.39 is 0 Å². The lowest BCUT2D eigenvalue weighted by atomic mass is 10.1. The van der Waals surface area contributed by atoms with Gasteiger partial charge in [0.2, 0.25) is 0 Å². The minimum atomic E-state index is -0.229. The lowest BCUT2D eigenvalue weighted by Gasteiger charge is -2.17. The van der Waals surface area contributed by atoms with Crippen LogP contribution in [0.15, 0.2) is 42.6 Å². The number of aliphatic hydroxyl groups is 1. The van der Waals surface area contributed by atoms with Crippen molar-refractivity contribution >= 4 is 11.8 Å². The molecule has 0 atom stereocenters. The van der Waals surface area contributed by atoms with E-state index in [1.807, 2.05) is 36.4 Å². The topological polar surface area (TPSA) is 77.5 Å². The molecule has 1 aromatic heterocycles. The number of urea groups is 1. The summed E-state index contributed by atoms with van der Waals surface area (Å²) in [7, 11) is 0. The van der Waals surface area contributed by atoms with Crippen LogP contribution >= 0.6 is 0 Å². The van der Waals surface area contributed by atoms with Crippen LogP contribution in [-0.2, 0) is 19.7 Å². The van der Waals surface area contributed by atoms with Crippen LogP contribution in [0.1, 0.15) is 29.5 Å². The molecule has 3 N–H and O–H groups in total. The lowest BCUT2D eigenvalue weighted by molar-refractivity contribution is 0.239. The number of hydrogen-bond donors (Lipinski definition) is 3. The average Bonchev–Trinajstić information content (AvgIpc) is 3.20. The van der Waals surface area contributed by atoms with Gasteiger partial charge in [-0.2, -0.15) is 0 Å². The van der Waals surface area contributed by atoms with Crippen LogP contribution in [0.4, 0.5) is 10.6 Å². The van der Waals surface area contributed by atoms with Crippen molar-refractivity contribution in [3.8, 4) is 0 Å². The zero-order valence-corrected chi connectivity index (χ0v) is 14.2. The standard InChI is InChI=1S/C19H24N4O2/c24-14-17-6-2-1-5-16(17)13-22-19(25)21-12-15-7-8-20-18(11-15)23-9-3-4-10-23/h1-2,5-8,11,24H,3-4,9-10,12-14H2,(H2,21,22,25). The quantitative estimate of drug-likeness (QED) is 0.753. The molecule has 0 unspecified atom stereocenters. The number of amides is 2. The summed E-state index contributed by atoms with van der Waals surface area (Å²) >= 11 is 0. The fourth-order valence-corrected chi connectivity index (χ4v) is 2.99. The summed E-state index contributed by atoms with van der Waals surface area (Å²) in [5, 5.41) is 15.0. The Balaban J connectivity index is 1.49. The van der Waals surface area contributed by atoms with Crippen molar-refractivity contribution in [3.63, 3.8) is 0 Å². The summed E-state index contributed by atoms with van der Waals surface area (Å²) in [6.45, 7) is 2.91. The van der Waals surface area contributed by atoms with Crippen molar-refractivity contribution in [1.29, 1.82) is 0 Å². The number of carbonyl (C=O) groups is 1. The first-order valence-corrected chi connectivity index (χ1v) is 8.65. The molecule has 2 amide bonds. The molecule has 1 aliphatic heterocycles. The Morgan fingerprint density at radius 2 is 1.80 bits per heavy atom. The van der Waals surface area contributed by atoms with E-state index in [1.165, 1.54) is 12.8 Å². The first kappa shape index (κ1) is 17.2. The molecule has 132 valence electrons. The van der Waals surface area contributed by atoms with E-state index in [4.69, 9.17) is 0 Å². The van der Waals surface area contributed by atoms with Crippen molar-refractivity contribution < 1.29 is 9.90 Å². The van der Waals surface area contributed by atoms with Gasteiger partial charge >= 0.3 is 6.03 Å². The van der Waals surface area contributed by atoms with Crippen LogP contribution in [0.25, 0.3) is 0 Å². The van der Waals surface area contributed by atoms with Crippen molar-refractivity contribution in [3.05, 3.63) is 59.3 Å². The van der Waals surface area contributed by atoms with E-state index in [2.05, 4.69) is 20.5 Å². The van der Waals surface area contributed by atoms with Gasteiger partial charge in [-0.25, -0.2) is 9.78 Å². The van der Waals surface area contributed by atoms with Gasteiger partial charge in [0.25, 0.3) is 0 Å². The molecule has 1 aromatic carbocycles. The summed E-state index contributed by atoms with van der Waals surface area (Å²) in [6.07, 6.45) is 4.21. The molecule has 3 rings (SSSR count). The maximum absolute atomic E-state index is 12.0. The Labute approximate surface area is 147 Å². The Hall–Kier alpha value is -2.60. The number of aliphatic hydroxyl groups excluding tert-OH is 1. The molecular formula is C19H24N4O2. The van der Waals surface area contributed by atoms with E-state index in [0.29, 0.717) is 13.1 Å². The SMILES string of the molecule is O=C(NCc1ccnc(N2CCCC2)c1)NCc1ccccc1CO. The highest BCUT2D eigenvalue weighted by Crippen LogP contribution is 2.18. The number of aromatic nitrogens is 1. The summed E-state index contributed by atoms with van der Waals surface area (Å²) in [5.74, 6) is 0.981. The first-order chi connectivity index (χ1) is 12.3. The van der Waals surface area contributed by atoms with E-state index in [1.54, 1.807) is 6.20 Å². The summed E-state index contributed by atoms with van der Waals surface area (Å²) in [4.78, 5) is 18.7. The Kier molecular flexibility index (Phi) is 5.85. The fraction of sp³-hybridized carbons (Fsp3) is 0.368. The lowest BCUT2D eigenvalue weighted by Crippen LogP contribution is -2.34. The second-order valence-corrected chi connectivity index (χ2v) is 6.18. The predicted molar refractivity (Wildman–Crippen MR) is 97.1 cm³/mol. The number of rotatable bonds is 6. The molecule has 1 fully saturated rings. The van der Waals surface area contributed by atoms with Crippen LogP contribution in [0.5, 0.6) is 0 Å². The van der Waals surface area contributed by atoms with Gasteiger partial charge < -0.3 is 20.6 Å². The maximum atomic E-state index is 12.0. The predicted octanol–water partition coefficient (Wildman–Crippen LogP) is 2.17. The van der Waals surface area contributed by atoms with Gasteiger partial charge in [0.15, 0.2) is 0 Å². The number of nitrogens with zero attached hydrogens (tertiary/aromatic N) is 2. The number of nitrogens with one attached hydrogen (secondary N) is 2. The molecule has 0 radical (unpaired) electrons. The third kappa shape index (κ3) is 4.70. The Morgan fingerprint density at radius 1 is 1.08 bits per heavy atom. The molecule has 2 heterocycles. The summed E-state index contributed by atoms with van der Waals surface area (Å²) in [5.41, 5.74) is 2.77. The maximum Gasteiger partial charge on any atom is 0.315 e. The number of pyridine rings is 1. The van der Waals surface area contributed by atoms with Crippen LogP contribution in [0.3, 0.4) is 0 Å². The molecule has 1 saturated heterocycles. The molecule has 0 spiro atoms. The summed E-state index contributed by atoms with van der Waals surface area (Å²) < 4.78 is 0. The monoisotopic (exact) mass is 340 g/mol. The summed E-state index contributed by atoms with van der Waals surface area (Å²) in [6, 6.07) is 11.2. The average molecular weight is 340 g/mol. The minimum Gasteiger partial charge on any atom is -0.392 e. The zero-order valence-electron chi connectivity index (χ0n) is 14.2. The molecule has 0 saturated carbocycles. The highest BCUT2D eigenvalue weighted by molar-refractivity contribution is 5.73. The molecule has 1 aliphatic rings. The van der Waals surface area contributed by atoms with Gasteiger partial charge in [0.05, 0.1) is 6.61 Å². The number of anilines is 1. The largest absolute Gasteiger partial charge is 0.392 e. The molecule has 6 nitrogen and oxygen atoms in total. The van der Waals surface area contributed by atoms with Crippen LogP contribution in [0, 0.1) is 0 Å². The fourth-order valence-electron chi connectivity index (χ4n) is 2.99. The second kappa shape index (κ2) is 8.48. The Bertz CT molecular complexity index is 714. The third-order valence-electron chi connectivity index (χ3n) is 4.42. The van der Waals surface area contributed by atoms with Crippen LogP contribution < -0.4 is 15.5 Å². The van der Waals surface area contributed by atoms with Crippen molar-refractivity contribution in [2.24, 2.45) is 0 Å². The van der Waals surface area contributed by atoms with Crippen LogP contribution in [0.2, 0.25) is 0 Å². The number of carbonyl (C=O) groups excluding carboxylic acids is 1. The normalized spacial score (nSPS) is 13.7. The van der Waals surface area contributed by atoms with Gasteiger partial charge in [-0.15, -0.1) is 0 Å². The van der Waals surface area contributed by atoms with Crippen LogP contribution in [-0.4, -0.2) is 29.2 Å². The van der Waals surface area contributed by atoms with Gasteiger partial charge in [0.1, 0.15) is 5.82 Å². The van der Waals surface area contributed by atoms with Crippen molar-refractivity contribution in [2.75, 3.05) is 18.0 Å². The van der Waals surface area contributed by atoms with Gasteiger partial charge in [-0.1, -0.05) is 24.3 Å². The smallest absolute Gasteiger partial charge is 0.315 e. The van der Waals surface area contributed by atoms with Crippen molar-refractivity contribution in [1.82, 2.24) is 15.6 Å². The van der Waals surface area contributed by atoms with Crippen molar-refractivity contribution in [2.45, 2.75) is 32.5 Å². The van der Waals surface area contributed by atoms with E-state index in [0.717, 1.165) is 35.6 Å². The highest BCUT2D eigenvalue weighted by atomic mass is 16.3. The van der Waals surface area contributed by atoms with E-state index >= 15 is 0 Å². The van der Waals surface area contributed by atoms with Gasteiger partial charge in [-0.05, 0) is 41.7 Å². The van der Waals surface area contributed by atoms with Gasteiger partial charge in [0, 0.05) is 32.4 Å². The molecule has 6 heteroatoms. The van der Waals surface area contributed by atoms with E-state index in [-0.39, 0.29) is 12.6 Å². The number of benzene rings is 1. The highest BCUT2D eigenvalue weighted by Gasteiger charge is 2.13. The first-order valence-electron chi connectivity index (χ1n) is 8.65. The molecular weight excluding hydrogens is 316 g/mol. The Morgan fingerprint density at radius 3 is 2.56 bits per heavy atom. The molecule has 2 aromatic rings. The third-order valence-corrected chi connectivity index (χ3v) is 4.42. The number of hydrogen-bond acceptors (Lipinski definition) is 4. The minimum absolute atomic E-state index is 0.0320. The van der Waals surface area contributed by atoms with Gasteiger partial charge in [-0.3, -0.25) is 0 Å². The molecule has 25 heavy (non-hydrogen) atoms. The molecule has 0 aliphatic carbocycles. The molecule has 0 bridgehead atoms. The zero-order chi connectivity index (χ0) is 17.5. The van der Waals surface area contributed by atoms with E-state index in [9.17, 15) is 9.90 Å². The second-order valence-electron chi connectivity index (χ2n) is 6.18.